The molecule has 0 amide bonds. The highest BCUT2D eigenvalue weighted by Crippen LogP contribution is 2.34. The van der Waals surface area contributed by atoms with Gasteiger partial charge < -0.3 is 10.1 Å². The average Bonchev–Trinajstić information content (AvgIpc) is 2.49. The minimum atomic E-state index is 0. The number of rotatable bonds is 7. The van der Waals surface area contributed by atoms with Crippen molar-refractivity contribution in [3.8, 4) is 5.75 Å². The second-order valence-electron chi connectivity index (χ2n) is 4.87. The Balaban J connectivity index is 0.00000264. The molecule has 1 N–H and O–H groups in total. The van der Waals surface area contributed by atoms with E-state index in [9.17, 15) is 0 Å². The molecule has 126 valence electrons. The largest absolute Gasteiger partial charge is 0.491 e. The van der Waals surface area contributed by atoms with E-state index in [4.69, 9.17) is 39.5 Å². The minimum absolute atomic E-state index is 0. The number of nitrogens with one attached hydrogen (secondary N) is 1. The Labute approximate surface area is 158 Å². The number of benzene rings is 2. The van der Waals surface area contributed by atoms with Crippen molar-refractivity contribution in [3.05, 3.63) is 62.6 Å². The van der Waals surface area contributed by atoms with Crippen LogP contribution in [0.25, 0.3) is 0 Å². The molecule has 0 unspecified atom stereocenters. The average molecular weight is 395 g/mol. The molecule has 2 aromatic carbocycles. The van der Waals surface area contributed by atoms with E-state index in [0.717, 1.165) is 23.6 Å². The smallest absolute Gasteiger partial charge is 0.156 e. The Morgan fingerprint density at radius 3 is 2.13 bits per heavy atom. The first-order valence-corrected chi connectivity index (χ1v) is 8.29. The van der Waals surface area contributed by atoms with E-state index >= 15 is 0 Å². The fourth-order valence-electron chi connectivity index (χ4n) is 2.11. The molecule has 2 nitrogen and oxygen atoms in total. The normalized spacial score (nSPS) is 10.3. The van der Waals surface area contributed by atoms with E-state index in [0.29, 0.717) is 28.9 Å². The lowest BCUT2D eigenvalue weighted by Crippen LogP contribution is -2.16. The van der Waals surface area contributed by atoms with Crippen LogP contribution in [0.15, 0.2) is 36.4 Å². The zero-order chi connectivity index (χ0) is 15.9. The number of hydrogen-bond donors (Lipinski definition) is 1. The predicted octanol–water partition coefficient (Wildman–Crippen LogP) is 5.80. The highest BCUT2D eigenvalue weighted by atomic mass is 35.5. The van der Waals surface area contributed by atoms with Gasteiger partial charge in [0.1, 0.15) is 0 Å². The fourth-order valence-corrected chi connectivity index (χ4v) is 2.88. The van der Waals surface area contributed by atoms with Crippen LogP contribution in [-0.4, -0.2) is 13.2 Å². The number of ether oxygens (including phenoxy) is 1. The summed E-state index contributed by atoms with van der Waals surface area (Å²) in [7, 11) is 0. The van der Waals surface area contributed by atoms with E-state index in [1.165, 1.54) is 5.56 Å². The van der Waals surface area contributed by atoms with Crippen LogP contribution >= 0.6 is 47.2 Å². The Bertz CT molecular complexity index is 593. The molecule has 0 heterocycles. The maximum Gasteiger partial charge on any atom is 0.156 e. The molecule has 0 bridgehead atoms. The summed E-state index contributed by atoms with van der Waals surface area (Å²) in [6.45, 7) is 4.01. The second-order valence-corrected chi connectivity index (χ2v) is 6.13. The van der Waals surface area contributed by atoms with Gasteiger partial charge in [-0.2, -0.15) is 0 Å². The first kappa shape index (κ1) is 20.4. The summed E-state index contributed by atoms with van der Waals surface area (Å²) in [6.07, 6.45) is 0.940. The predicted molar refractivity (Wildman–Crippen MR) is 102 cm³/mol. The van der Waals surface area contributed by atoms with Crippen molar-refractivity contribution >= 4 is 47.2 Å². The van der Waals surface area contributed by atoms with Gasteiger partial charge in [0.25, 0.3) is 0 Å². The zero-order valence-electron chi connectivity index (χ0n) is 12.7. The molecular formula is C17H19Cl4NO. The molecule has 0 radical (unpaired) electrons. The van der Waals surface area contributed by atoms with Gasteiger partial charge in [-0.3, -0.25) is 0 Å². The van der Waals surface area contributed by atoms with Crippen molar-refractivity contribution in [1.29, 1.82) is 0 Å². The molecule has 0 fully saturated rings. The first-order chi connectivity index (χ1) is 10.6. The van der Waals surface area contributed by atoms with Gasteiger partial charge in [-0.15, -0.1) is 12.4 Å². The summed E-state index contributed by atoms with van der Waals surface area (Å²) in [5.74, 6) is 0.552. The van der Waals surface area contributed by atoms with Gasteiger partial charge in [0.05, 0.1) is 16.7 Å². The van der Waals surface area contributed by atoms with E-state index in [-0.39, 0.29) is 12.4 Å². The van der Waals surface area contributed by atoms with Crippen molar-refractivity contribution < 1.29 is 4.74 Å². The van der Waals surface area contributed by atoms with Crippen molar-refractivity contribution in [3.63, 3.8) is 0 Å². The van der Waals surface area contributed by atoms with Gasteiger partial charge in [0.2, 0.25) is 0 Å². The van der Waals surface area contributed by atoms with Crippen molar-refractivity contribution in [2.45, 2.75) is 19.9 Å². The van der Waals surface area contributed by atoms with Crippen LogP contribution in [0.5, 0.6) is 5.75 Å². The number of hydrogen-bond acceptors (Lipinski definition) is 2. The van der Waals surface area contributed by atoms with Crippen LogP contribution in [0.3, 0.4) is 0 Å². The van der Waals surface area contributed by atoms with Gasteiger partial charge >= 0.3 is 0 Å². The van der Waals surface area contributed by atoms with Crippen LogP contribution in [0, 0.1) is 0 Å². The van der Waals surface area contributed by atoms with Crippen LogP contribution in [-0.2, 0) is 13.0 Å². The lowest BCUT2D eigenvalue weighted by atomic mass is 10.1. The Kier molecular flexibility index (Phi) is 9.11. The first-order valence-electron chi connectivity index (χ1n) is 7.16. The maximum atomic E-state index is 6.19. The Morgan fingerprint density at radius 2 is 1.57 bits per heavy atom. The Morgan fingerprint density at radius 1 is 0.957 bits per heavy atom. The molecule has 0 aliphatic heterocycles. The van der Waals surface area contributed by atoms with Crippen LogP contribution in [0.4, 0.5) is 0 Å². The third kappa shape index (κ3) is 6.40. The molecule has 0 aliphatic carbocycles. The summed E-state index contributed by atoms with van der Waals surface area (Å²) in [5.41, 5.74) is 2.29. The standard InChI is InChI=1S/C17H18Cl3NO.ClH/c1-2-22-17-15(19)9-13(10-16(17)20)11-21-8-7-12-3-5-14(18)6-4-12;/h3-6,9-10,21H,2,7-8,11H2,1H3;1H. The topological polar surface area (TPSA) is 21.3 Å². The molecule has 6 heteroatoms. The number of halogens is 4. The highest BCUT2D eigenvalue weighted by molar-refractivity contribution is 6.37. The molecule has 0 saturated heterocycles. The summed E-state index contributed by atoms with van der Waals surface area (Å²) in [4.78, 5) is 0. The molecule has 0 atom stereocenters. The van der Waals surface area contributed by atoms with Gasteiger partial charge in [-0.05, 0) is 55.3 Å². The maximum absolute atomic E-state index is 6.19. The van der Waals surface area contributed by atoms with Crippen molar-refractivity contribution in [2.24, 2.45) is 0 Å². The molecule has 0 aromatic heterocycles. The van der Waals surface area contributed by atoms with E-state index in [2.05, 4.69) is 5.32 Å². The molecule has 23 heavy (non-hydrogen) atoms. The van der Waals surface area contributed by atoms with Gasteiger partial charge in [0.15, 0.2) is 5.75 Å². The van der Waals surface area contributed by atoms with Crippen LogP contribution in [0.2, 0.25) is 15.1 Å². The van der Waals surface area contributed by atoms with E-state index in [1.54, 1.807) is 0 Å². The van der Waals surface area contributed by atoms with Crippen molar-refractivity contribution in [1.82, 2.24) is 5.32 Å². The monoisotopic (exact) mass is 393 g/mol. The quantitative estimate of drug-likeness (QED) is 0.599. The van der Waals surface area contributed by atoms with Crippen molar-refractivity contribution in [2.75, 3.05) is 13.2 Å². The minimum Gasteiger partial charge on any atom is -0.491 e. The molecule has 2 rings (SSSR count). The zero-order valence-corrected chi connectivity index (χ0v) is 15.8. The summed E-state index contributed by atoms with van der Waals surface area (Å²) in [5, 5.41) is 5.23. The van der Waals surface area contributed by atoms with Gasteiger partial charge in [0, 0.05) is 11.6 Å². The lowest BCUT2D eigenvalue weighted by molar-refractivity contribution is 0.340. The summed E-state index contributed by atoms with van der Waals surface area (Å²) in [6, 6.07) is 11.6. The SMILES string of the molecule is CCOc1c(Cl)cc(CNCCc2ccc(Cl)cc2)cc1Cl.Cl. The summed E-state index contributed by atoms with van der Waals surface area (Å²) < 4.78 is 5.42. The summed E-state index contributed by atoms with van der Waals surface area (Å²) >= 11 is 18.2. The third-order valence-corrected chi connectivity index (χ3v) is 3.99. The van der Waals surface area contributed by atoms with Crippen LogP contribution in [0.1, 0.15) is 18.1 Å². The van der Waals surface area contributed by atoms with Gasteiger partial charge in [-0.25, -0.2) is 0 Å². The molecule has 0 aliphatic rings. The van der Waals surface area contributed by atoms with E-state index < -0.39 is 0 Å². The van der Waals surface area contributed by atoms with Gasteiger partial charge in [-0.1, -0.05) is 46.9 Å². The fraction of sp³-hybridized carbons (Fsp3) is 0.294. The second kappa shape index (κ2) is 10.3. The third-order valence-electron chi connectivity index (χ3n) is 3.18. The van der Waals surface area contributed by atoms with Crippen LogP contribution < -0.4 is 10.1 Å². The van der Waals surface area contributed by atoms with E-state index in [1.807, 2.05) is 43.3 Å². The molecule has 0 saturated carbocycles. The highest BCUT2D eigenvalue weighted by Gasteiger charge is 2.09. The molecular weight excluding hydrogens is 376 g/mol. The Hall–Kier alpha value is -0.640. The molecule has 2 aromatic rings. The molecule has 0 spiro atoms. The lowest BCUT2D eigenvalue weighted by Gasteiger charge is -2.11.